The number of fused-ring (bicyclic) bond motifs is 1. The Bertz CT molecular complexity index is 1260. The quantitative estimate of drug-likeness (QED) is 0.148. The SMILES string of the molecule is C=CCOC(O)NCCC[C@H]1C(=O)N(CCCCc2ccccc2)C[C@H]2N1C(=O)CN(C)N2C(=O)NCc1ccc(OC)cc1. The number of hydrogen-bond acceptors (Lipinski definition) is 8. The summed E-state index contributed by atoms with van der Waals surface area (Å²) in [7, 11) is 3.32. The van der Waals surface area contributed by atoms with Crippen LogP contribution in [0.4, 0.5) is 4.79 Å². The van der Waals surface area contributed by atoms with Gasteiger partial charge in [0.25, 0.3) is 0 Å². The van der Waals surface area contributed by atoms with Crippen LogP contribution in [0.3, 0.4) is 0 Å². The molecule has 2 aromatic carbocycles. The molecule has 4 rings (SSSR count). The normalized spacial score (nSPS) is 19.3. The van der Waals surface area contributed by atoms with Crippen molar-refractivity contribution < 1.29 is 29.0 Å². The number of nitrogens with one attached hydrogen (secondary N) is 2. The molecule has 3 N–H and O–H groups in total. The van der Waals surface area contributed by atoms with Crippen molar-refractivity contribution in [1.29, 1.82) is 0 Å². The zero-order chi connectivity index (χ0) is 32.2. The van der Waals surface area contributed by atoms with Crippen molar-refractivity contribution in [1.82, 2.24) is 30.5 Å². The summed E-state index contributed by atoms with van der Waals surface area (Å²) >= 11 is 0. The van der Waals surface area contributed by atoms with Gasteiger partial charge in [-0.3, -0.25) is 14.9 Å². The fraction of sp³-hybridized carbons (Fsp3) is 0.485. The number of urea groups is 1. The van der Waals surface area contributed by atoms with Crippen molar-refractivity contribution >= 4 is 17.8 Å². The maximum absolute atomic E-state index is 13.9. The number of hydrogen-bond donors (Lipinski definition) is 3. The molecule has 2 aliphatic heterocycles. The summed E-state index contributed by atoms with van der Waals surface area (Å²) in [5.74, 6) is 0.405. The lowest BCUT2D eigenvalue weighted by Gasteiger charge is -2.54. The van der Waals surface area contributed by atoms with Crippen LogP contribution in [0.2, 0.25) is 0 Å². The summed E-state index contributed by atoms with van der Waals surface area (Å²) in [4.78, 5) is 44.3. The third-order valence-electron chi connectivity index (χ3n) is 8.08. The van der Waals surface area contributed by atoms with Gasteiger partial charge in [-0.1, -0.05) is 48.5 Å². The van der Waals surface area contributed by atoms with E-state index >= 15 is 0 Å². The van der Waals surface area contributed by atoms with Crippen molar-refractivity contribution in [2.24, 2.45) is 0 Å². The van der Waals surface area contributed by atoms with Gasteiger partial charge in [0.2, 0.25) is 18.2 Å². The van der Waals surface area contributed by atoms with E-state index in [2.05, 4.69) is 29.3 Å². The molecular formula is C33H46N6O6. The van der Waals surface area contributed by atoms with Crippen LogP contribution in [0.15, 0.2) is 67.3 Å². The molecule has 0 aromatic heterocycles. The number of rotatable bonds is 16. The van der Waals surface area contributed by atoms with E-state index in [0.717, 1.165) is 30.6 Å². The van der Waals surface area contributed by atoms with Crippen LogP contribution in [0, 0.1) is 0 Å². The number of aliphatic hydroxyl groups is 1. The molecule has 0 aliphatic carbocycles. The van der Waals surface area contributed by atoms with Crippen LogP contribution in [0.25, 0.3) is 0 Å². The molecule has 2 heterocycles. The molecule has 1 unspecified atom stereocenters. The number of carbonyl (C=O) groups is 3. The highest BCUT2D eigenvalue weighted by Crippen LogP contribution is 2.28. The van der Waals surface area contributed by atoms with Gasteiger partial charge in [0, 0.05) is 20.1 Å². The number of unbranched alkanes of at least 4 members (excludes halogenated alkanes) is 1. The van der Waals surface area contributed by atoms with Gasteiger partial charge < -0.3 is 29.7 Å². The number of benzene rings is 2. The molecule has 0 radical (unpaired) electrons. The number of aliphatic hydroxyl groups excluding tert-OH is 1. The van der Waals surface area contributed by atoms with Gasteiger partial charge in [0.1, 0.15) is 18.0 Å². The first-order valence-electron chi connectivity index (χ1n) is 15.5. The third kappa shape index (κ3) is 9.27. The molecule has 2 saturated heterocycles. The first-order valence-corrected chi connectivity index (χ1v) is 15.5. The van der Waals surface area contributed by atoms with Crippen LogP contribution in [-0.2, 0) is 27.3 Å². The summed E-state index contributed by atoms with van der Waals surface area (Å²) in [6.07, 6.45) is 3.21. The molecule has 12 nitrogen and oxygen atoms in total. The number of amides is 4. The lowest BCUT2D eigenvalue weighted by molar-refractivity contribution is -0.187. The Hall–Kier alpha value is -3.97. The fourth-order valence-corrected chi connectivity index (χ4v) is 5.80. The molecule has 0 spiro atoms. The molecule has 2 aromatic rings. The van der Waals surface area contributed by atoms with E-state index in [4.69, 9.17) is 9.47 Å². The predicted octanol–water partition coefficient (Wildman–Crippen LogP) is 2.30. The molecule has 2 aliphatic rings. The second-order valence-corrected chi connectivity index (χ2v) is 11.3. The highest BCUT2D eigenvalue weighted by atomic mass is 16.6. The number of ether oxygens (including phenoxy) is 2. The molecule has 244 valence electrons. The standard InChI is InChI=1S/C33H46N6O6/c1-4-21-45-33(43)34-19-10-14-28-31(41)37(20-9-8-13-25-11-6-5-7-12-25)23-29-38(28)30(40)24-36(2)39(29)32(42)35-22-26-15-17-27(44-3)18-16-26/h4-7,11-12,15-18,28-29,33-34,43H,1,8-10,13-14,19-24H2,2-3H3,(H,35,42)/t28-,29-,33?/m0/s1. The molecule has 12 heteroatoms. The summed E-state index contributed by atoms with van der Waals surface area (Å²) < 4.78 is 10.4. The number of methoxy groups -OCH3 is 1. The van der Waals surface area contributed by atoms with Crippen LogP contribution in [0.1, 0.15) is 36.8 Å². The number of nitrogens with zero attached hydrogens (tertiary/aromatic N) is 4. The van der Waals surface area contributed by atoms with E-state index in [1.165, 1.54) is 11.6 Å². The van der Waals surface area contributed by atoms with Crippen LogP contribution in [-0.4, -0.2) is 108 Å². The smallest absolute Gasteiger partial charge is 0.334 e. The van der Waals surface area contributed by atoms with Gasteiger partial charge in [0.05, 0.1) is 26.8 Å². The summed E-state index contributed by atoms with van der Waals surface area (Å²) in [5, 5.41) is 19.0. The molecule has 4 amide bonds. The lowest BCUT2D eigenvalue weighted by Crippen LogP contribution is -2.76. The van der Waals surface area contributed by atoms with E-state index in [9.17, 15) is 19.5 Å². The maximum atomic E-state index is 13.9. The number of likely N-dealkylation sites (N-methyl/N-ethyl adjacent to an activating group) is 1. The summed E-state index contributed by atoms with van der Waals surface area (Å²) in [5.41, 5.74) is 2.15. The topological polar surface area (TPSA) is 127 Å². The Morgan fingerprint density at radius 3 is 2.56 bits per heavy atom. The minimum atomic E-state index is -1.16. The highest BCUT2D eigenvalue weighted by molar-refractivity contribution is 5.91. The van der Waals surface area contributed by atoms with Crippen LogP contribution < -0.4 is 15.4 Å². The highest BCUT2D eigenvalue weighted by Gasteiger charge is 2.50. The fourth-order valence-electron chi connectivity index (χ4n) is 5.80. The zero-order valence-electron chi connectivity index (χ0n) is 26.3. The first kappa shape index (κ1) is 33.9. The molecule has 0 bridgehead atoms. The van der Waals surface area contributed by atoms with Gasteiger partial charge in [-0.25, -0.2) is 14.8 Å². The van der Waals surface area contributed by atoms with Crippen molar-refractivity contribution in [3.63, 3.8) is 0 Å². The third-order valence-corrected chi connectivity index (χ3v) is 8.08. The Morgan fingerprint density at radius 1 is 1.09 bits per heavy atom. The van der Waals surface area contributed by atoms with Gasteiger partial charge in [-0.2, -0.15) is 0 Å². The molecule has 2 fully saturated rings. The van der Waals surface area contributed by atoms with Crippen LogP contribution >= 0.6 is 0 Å². The van der Waals surface area contributed by atoms with Crippen molar-refractivity contribution in [3.05, 3.63) is 78.4 Å². The van der Waals surface area contributed by atoms with Gasteiger partial charge in [-0.15, -0.1) is 6.58 Å². The van der Waals surface area contributed by atoms with E-state index in [-0.39, 0.29) is 37.5 Å². The maximum Gasteiger partial charge on any atom is 0.334 e. The van der Waals surface area contributed by atoms with Crippen LogP contribution in [0.5, 0.6) is 5.75 Å². The largest absolute Gasteiger partial charge is 0.497 e. The Labute approximate surface area is 265 Å². The molecule has 0 saturated carbocycles. The average Bonchev–Trinajstić information content (AvgIpc) is 3.04. The van der Waals surface area contributed by atoms with E-state index in [1.807, 2.05) is 42.5 Å². The lowest BCUT2D eigenvalue weighted by atomic mass is 10.0. The van der Waals surface area contributed by atoms with E-state index in [1.54, 1.807) is 34.0 Å². The second kappa shape index (κ2) is 16.9. The Morgan fingerprint density at radius 2 is 1.84 bits per heavy atom. The predicted molar refractivity (Wildman–Crippen MR) is 169 cm³/mol. The van der Waals surface area contributed by atoms with Crippen molar-refractivity contribution in [2.45, 2.75) is 57.3 Å². The van der Waals surface area contributed by atoms with E-state index < -0.39 is 18.6 Å². The summed E-state index contributed by atoms with van der Waals surface area (Å²) in [6, 6.07) is 16.6. The number of aryl methyl sites for hydroxylation is 1. The Kier molecular flexibility index (Phi) is 12.8. The minimum Gasteiger partial charge on any atom is -0.497 e. The molecule has 45 heavy (non-hydrogen) atoms. The minimum absolute atomic E-state index is 0.0281. The van der Waals surface area contributed by atoms with Crippen molar-refractivity contribution in [3.8, 4) is 5.75 Å². The van der Waals surface area contributed by atoms with Gasteiger partial charge in [0.15, 0.2) is 0 Å². The monoisotopic (exact) mass is 622 g/mol. The Balaban J connectivity index is 1.46. The van der Waals surface area contributed by atoms with E-state index in [0.29, 0.717) is 32.5 Å². The first-order chi connectivity index (χ1) is 21.8. The summed E-state index contributed by atoms with van der Waals surface area (Å²) in [6.45, 7) is 5.15. The second-order valence-electron chi connectivity index (χ2n) is 11.3. The average molecular weight is 623 g/mol. The van der Waals surface area contributed by atoms with Gasteiger partial charge in [-0.05, 0) is 61.9 Å². The number of carbonyl (C=O) groups excluding carboxylic acids is 3. The molecular weight excluding hydrogens is 576 g/mol. The zero-order valence-corrected chi connectivity index (χ0v) is 26.3. The van der Waals surface area contributed by atoms with Crippen molar-refractivity contribution in [2.75, 3.05) is 46.9 Å². The number of hydrazine groups is 1. The number of piperazine rings is 1. The molecule has 3 atom stereocenters. The van der Waals surface area contributed by atoms with Gasteiger partial charge >= 0.3 is 6.03 Å².